The number of nitrogens with zero attached hydrogens (tertiary/aromatic N) is 2. The van der Waals surface area contributed by atoms with Gasteiger partial charge in [-0.25, -0.2) is 4.98 Å². The third-order valence-corrected chi connectivity index (χ3v) is 7.93. The Balaban J connectivity index is 1.68. The third-order valence-electron chi connectivity index (χ3n) is 6.91. The number of aliphatic hydroxyl groups excluding tert-OH is 1. The van der Waals surface area contributed by atoms with Gasteiger partial charge in [0.25, 0.3) is 5.78 Å². The summed E-state index contributed by atoms with van der Waals surface area (Å²) < 4.78 is 23.3. The Morgan fingerprint density at radius 1 is 0.952 bits per heavy atom. The first-order valence-corrected chi connectivity index (χ1v) is 14.5. The van der Waals surface area contributed by atoms with Crippen LogP contribution in [0.3, 0.4) is 0 Å². The molecule has 1 unspecified atom stereocenters. The lowest BCUT2D eigenvalue weighted by molar-refractivity contribution is -0.132. The number of amides is 1. The van der Waals surface area contributed by atoms with E-state index < -0.39 is 17.7 Å². The Kier molecular flexibility index (Phi) is 8.63. The van der Waals surface area contributed by atoms with Gasteiger partial charge in [-0.1, -0.05) is 42.9 Å². The van der Waals surface area contributed by atoms with E-state index in [4.69, 9.17) is 18.9 Å². The number of benzene rings is 3. The number of thiazole rings is 1. The topological polar surface area (TPSA) is 107 Å². The molecule has 42 heavy (non-hydrogen) atoms. The fourth-order valence-corrected chi connectivity index (χ4v) is 5.84. The number of carbonyl (C=O) groups is 2. The van der Waals surface area contributed by atoms with E-state index in [9.17, 15) is 14.7 Å². The number of ketones is 1. The molecule has 10 heteroatoms. The molecule has 1 fully saturated rings. The van der Waals surface area contributed by atoms with Gasteiger partial charge in [0.15, 0.2) is 16.6 Å². The van der Waals surface area contributed by atoms with Crippen molar-refractivity contribution in [3.8, 4) is 23.0 Å². The minimum Gasteiger partial charge on any atom is -0.507 e. The van der Waals surface area contributed by atoms with Crippen LogP contribution in [-0.2, 0) is 9.59 Å². The van der Waals surface area contributed by atoms with Crippen molar-refractivity contribution in [2.24, 2.45) is 0 Å². The van der Waals surface area contributed by atoms with Crippen molar-refractivity contribution in [3.63, 3.8) is 0 Å². The fraction of sp³-hybridized carbons (Fsp3) is 0.281. The van der Waals surface area contributed by atoms with Crippen LogP contribution < -0.4 is 23.8 Å². The normalized spacial score (nSPS) is 16.2. The average molecular weight is 589 g/mol. The van der Waals surface area contributed by atoms with Crippen LogP contribution in [-0.4, -0.2) is 49.2 Å². The first-order chi connectivity index (χ1) is 20.4. The lowest BCUT2D eigenvalue weighted by Gasteiger charge is -2.24. The SMILES string of the molecule is CCCCOc1ccc(C2C(=C(O)c3cccc(OCC)c3)C(=O)C(=O)N2c2nc3ccc(OC)cc3s2)cc1OC. The minimum atomic E-state index is -0.984. The van der Waals surface area contributed by atoms with Crippen molar-refractivity contribution in [2.45, 2.75) is 32.7 Å². The summed E-state index contributed by atoms with van der Waals surface area (Å²) in [6.45, 7) is 4.89. The molecule has 0 saturated carbocycles. The fourth-order valence-electron chi connectivity index (χ4n) is 4.82. The molecular weight excluding hydrogens is 556 g/mol. The first-order valence-electron chi connectivity index (χ1n) is 13.7. The van der Waals surface area contributed by atoms with E-state index in [1.54, 1.807) is 61.7 Å². The summed E-state index contributed by atoms with van der Waals surface area (Å²) >= 11 is 1.26. The average Bonchev–Trinajstić information content (AvgIpc) is 3.54. The highest BCUT2D eigenvalue weighted by Crippen LogP contribution is 2.46. The molecule has 1 saturated heterocycles. The maximum atomic E-state index is 13.7. The summed E-state index contributed by atoms with van der Waals surface area (Å²) in [5.74, 6) is 0.239. The molecule has 0 radical (unpaired) electrons. The van der Waals surface area contributed by atoms with Crippen LogP contribution in [0, 0.1) is 0 Å². The Labute approximate surface area is 247 Å². The maximum Gasteiger partial charge on any atom is 0.301 e. The summed E-state index contributed by atoms with van der Waals surface area (Å²) in [5.41, 5.74) is 1.49. The number of methoxy groups -OCH3 is 2. The van der Waals surface area contributed by atoms with E-state index in [0.29, 0.717) is 58.0 Å². The van der Waals surface area contributed by atoms with Crippen LogP contribution in [0.15, 0.2) is 66.2 Å². The van der Waals surface area contributed by atoms with Gasteiger partial charge >= 0.3 is 5.91 Å². The Hall–Kier alpha value is -4.57. The summed E-state index contributed by atoms with van der Waals surface area (Å²) in [7, 11) is 3.11. The second-order valence-electron chi connectivity index (χ2n) is 9.57. The zero-order valence-corrected chi connectivity index (χ0v) is 24.7. The monoisotopic (exact) mass is 588 g/mol. The molecule has 1 aliphatic rings. The second-order valence-corrected chi connectivity index (χ2v) is 10.6. The van der Waals surface area contributed by atoms with Crippen LogP contribution in [0.25, 0.3) is 16.0 Å². The summed E-state index contributed by atoms with van der Waals surface area (Å²) in [5, 5.41) is 11.9. The Morgan fingerprint density at radius 2 is 1.79 bits per heavy atom. The van der Waals surface area contributed by atoms with E-state index in [2.05, 4.69) is 11.9 Å². The molecular formula is C32H32N2O7S. The van der Waals surface area contributed by atoms with Crippen LogP contribution in [0.4, 0.5) is 5.13 Å². The number of Topliss-reactive ketones (excluding diaryl/α,β-unsaturated/α-hetero) is 1. The number of fused-ring (bicyclic) bond motifs is 1. The van der Waals surface area contributed by atoms with Gasteiger partial charge in [0.1, 0.15) is 17.3 Å². The van der Waals surface area contributed by atoms with Crippen molar-refractivity contribution < 1.29 is 33.6 Å². The number of anilines is 1. The second kappa shape index (κ2) is 12.5. The van der Waals surface area contributed by atoms with Crippen LogP contribution >= 0.6 is 11.3 Å². The van der Waals surface area contributed by atoms with Crippen LogP contribution in [0.2, 0.25) is 0 Å². The number of hydrogen-bond acceptors (Lipinski definition) is 9. The quantitative estimate of drug-likeness (QED) is 0.0914. The highest BCUT2D eigenvalue weighted by Gasteiger charge is 2.48. The van der Waals surface area contributed by atoms with Crippen molar-refractivity contribution in [1.82, 2.24) is 4.98 Å². The Morgan fingerprint density at radius 3 is 2.52 bits per heavy atom. The smallest absolute Gasteiger partial charge is 0.301 e. The lowest BCUT2D eigenvalue weighted by Crippen LogP contribution is -2.29. The van der Waals surface area contributed by atoms with Crippen molar-refractivity contribution in [2.75, 3.05) is 32.3 Å². The van der Waals surface area contributed by atoms with Gasteiger partial charge in [0, 0.05) is 5.56 Å². The van der Waals surface area contributed by atoms with Gasteiger partial charge in [0.2, 0.25) is 0 Å². The van der Waals surface area contributed by atoms with E-state index in [0.717, 1.165) is 17.5 Å². The molecule has 2 heterocycles. The van der Waals surface area contributed by atoms with E-state index in [-0.39, 0.29) is 11.3 Å². The molecule has 0 bridgehead atoms. The molecule has 1 N–H and O–H groups in total. The van der Waals surface area contributed by atoms with Gasteiger partial charge < -0.3 is 24.1 Å². The van der Waals surface area contributed by atoms with Gasteiger partial charge in [-0.2, -0.15) is 0 Å². The molecule has 1 aromatic heterocycles. The number of aromatic nitrogens is 1. The standard InChI is InChI=1S/C32H32N2O7S/c1-5-7-15-41-24-14-11-19(17-25(24)39-4)28-27(29(35)20-9-8-10-22(16-20)40-6-2)30(36)31(37)34(28)32-33-23-13-12-21(38-3)18-26(23)42-32/h8-14,16-18,28,35H,5-7,15H2,1-4H3. The van der Waals surface area contributed by atoms with E-state index in [1.165, 1.54) is 23.3 Å². The number of carbonyl (C=O) groups excluding carboxylic acids is 2. The molecule has 5 rings (SSSR count). The predicted octanol–water partition coefficient (Wildman–Crippen LogP) is 6.52. The number of aliphatic hydroxyl groups is 1. The number of ether oxygens (including phenoxy) is 4. The number of hydrogen-bond donors (Lipinski definition) is 1. The molecule has 0 aliphatic carbocycles. The maximum absolute atomic E-state index is 13.7. The summed E-state index contributed by atoms with van der Waals surface area (Å²) in [6.07, 6.45) is 1.86. The summed E-state index contributed by atoms with van der Waals surface area (Å²) in [4.78, 5) is 33.4. The first kappa shape index (κ1) is 28.9. The predicted molar refractivity (Wildman–Crippen MR) is 162 cm³/mol. The lowest BCUT2D eigenvalue weighted by atomic mass is 9.95. The zero-order valence-electron chi connectivity index (χ0n) is 23.9. The van der Waals surface area contributed by atoms with Crippen LogP contribution in [0.5, 0.6) is 23.0 Å². The molecule has 1 amide bonds. The molecule has 1 atom stereocenters. The van der Waals surface area contributed by atoms with Gasteiger partial charge in [0.05, 0.1) is 49.3 Å². The molecule has 1 aliphatic heterocycles. The number of unbranched alkanes of at least 4 members (excludes halogenated alkanes) is 1. The van der Waals surface area contributed by atoms with E-state index >= 15 is 0 Å². The molecule has 0 spiro atoms. The molecule has 4 aromatic rings. The largest absolute Gasteiger partial charge is 0.507 e. The molecule has 218 valence electrons. The highest BCUT2D eigenvalue weighted by atomic mass is 32.1. The Bertz CT molecular complexity index is 1660. The van der Waals surface area contributed by atoms with Gasteiger partial charge in [-0.05, 0) is 61.4 Å². The van der Waals surface area contributed by atoms with Crippen molar-refractivity contribution >= 4 is 44.1 Å². The zero-order chi connectivity index (χ0) is 29.8. The third kappa shape index (κ3) is 5.49. The van der Waals surface area contributed by atoms with Gasteiger partial charge in [-0.3, -0.25) is 14.5 Å². The van der Waals surface area contributed by atoms with E-state index in [1.807, 2.05) is 13.0 Å². The van der Waals surface area contributed by atoms with Crippen LogP contribution in [0.1, 0.15) is 43.9 Å². The van der Waals surface area contributed by atoms with Crippen molar-refractivity contribution in [3.05, 3.63) is 77.4 Å². The molecule has 3 aromatic carbocycles. The molecule has 9 nitrogen and oxygen atoms in total. The highest BCUT2D eigenvalue weighted by molar-refractivity contribution is 7.22. The van der Waals surface area contributed by atoms with Gasteiger partial charge in [-0.15, -0.1) is 0 Å². The number of rotatable bonds is 11. The summed E-state index contributed by atoms with van der Waals surface area (Å²) in [6, 6.07) is 16.5. The van der Waals surface area contributed by atoms with Crippen molar-refractivity contribution in [1.29, 1.82) is 0 Å². The minimum absolute atomic E-state index is 0.0628.